The summed E-state index contributed by atoms with van der Waals surface area (Å²) in [6.07, 6.45) is 0. The number of hydrogen-bond donors (Lipinski definition) is 0. The number of rotatable bonds is 2. The number of Topliss-reactive ketones (excluding diaryl/α,β-unsaturated/α-hetero) is 1. The normalized spacial score (nSPS) is 10.5. The number of aryl methyl sites for hydroxylation is 1. The van der Waals surface area contributed by atoms with E-state index in [0.29, 0.717) is 0 Å². The molecule has 0 saturated carbocycles. The van der Waals surface area contributed by atoms with Crippen LogP contribution in [0.15, 0.2) is 18.2 Å². The van der Waals surface area contributed by atoms with Crippen LogP contribution in [0.3, 0.4) is 0 Å². The van der Waals surface area contributed by atoms with Gasteiger partial charge in [0.15, 0.2) is 5.78 Å². The highest BCUT2D eigenvalue weighted by molar-refractivity contribution is 9.25. The molecule has 0 aromatic heterocycles. The predicted molar refractivity (Wildman–Crippen MR) is 61.9 cm³/mol. The van der Waals surface area contributed by atoms with Crippen molar-refractivity contribution in [3.05, 3.63) is 34.9 Å². The van der Waals surface area contributed by atoms with Gasteiger partial charge in [-0.15, -0.1) is 0 Å². The first-order valence-corrected chi connectivity index (χ1v) is 5.75. The Labute approximate surface area is 94.8 Å². The van der Waals surface area contributed by atoms with E-state index in [1.165, 1.54) is 0 Å². The average Bonchev–Trinajstić information content (AvgIpc) is 2.08. The van der Waals surface area contributed by atoms with Crippen LogP contribution in [0.25, 0.3) is 0 Å². The minimum atomic E-state index is -0.291. The predicted octanol–water partition coefficient (Wildman–Crippen LogP) is 3.60. The molecule has 0 N–H and O–H groups in total. The zero-order valence-corrected chi connectivity index (χ0v) is 10.6. The van der Waals surface area contributed by atoms with E-state index in [2.05, 4.69) is 31.9 Å². The highest BCUT2D eigenvalue weighted by Gasteiger charge is 2.15. The van der Waals surface area contributed by atoms with Crippen LogP contribution < -0.4 is 0 Å². The topological polar surface area (TPSA) is 17.1 Å². The molecule has 0 atom stereocenters. The molecule has 0 radical (unpaired) electrons. The molecule has 70 valence electrons. The van der Waals surface area contributed by atoms with Crippen molar-refractivity contribution >= 4 is 37.6 Å². The van der Waals surface area contributed by atoms with Gasteiger partial charge in [0.05, 0.1) is 0 Å². The minimum Gasteiger partial charge on any atom is -0.292 e. The zero-order valence-electron chi connectivity index (χ0n) is 7.47. The Morgan fingerprint density at radius 2 is 1.92 bits per heavy atom. The van der Waals surface area contributed by atoms with E-state index in [0.717, 1.165) is 16.7 Å². The molecule has 13 heavy (non-hydrogen) atoms. The van der Waals surface area contributed by atoms with Gasteiger partial charge in [-0.25, -0.2) is 0 Å². The van der Waals surface area contributed by atoms with Gasteiger partial charge < -0.3 is 0 Å². The van der Waals surface area contributed by atoms with Gasteiger partial charge in [-0.05, 0) is 25.0 Å². The summed E-state index contributed by atoms with van der Waals surface area (Å²) in [5.74, 6) is 0.0706. The van der Waals surface area contributed by atoms with Crippen LogP contribution in [0.1, 0.15) is 21.5 Å². The summed E-state index contributed by atoms with van der Waals surface area (Å²) in [5, 5.41) is 0. The lowest BCUT2D eigenvalue weighted by Gasteiger charge is -2.07. The van der Waals surface area contributed by atoms with Crippen molar-refractivity contribution in [3.8, 4) is 0 Å². The molecule has 0 bridgehead atoms. The van der Waals surface area contributed by atoms with Crippen molar-refractivity contribution in [2.24, 2.45) is 0 Å². The van der Waals surface area contributed by atoms with Gasteiger partial charge in [0.1, 0.15) is 3.74 Å². The maximum Gasteiger partial charge on any atom is 0.187 e. The number of benzene rings is 1. The van der Waals surface area contributed by atoms with Crippen LogP contribution in [0.4, 0.5) is 0 Å². The maximum atomic E-state index is 11.6. The van der Waals surface area contributed by atoms with Gasteiger partial charge in [0.25, 0.3) is 0 Å². The van der Waals surface area contributed by atoms with E-state index in [1.807, 2.05) is 32.0 Å². The molecule has 3 heteroatoms. The first-order valence-electron chi connectivity index (χ1n) is 3.92. The molecule has 0 heterocycles. The van der Waals surface area contributed by atoms with Crippen LogP contribution in [-0.4, -0.2) is 9.52 Å². The summed E-state index contributed by atoms with van der Waals surface area (Å²) in [5.41, 5.74) is 2.97. The van der Waals surface area contributed by atoms with Crippen molar-refractivity contribution in [1.29, 1.82) is 0 Å². The Morgan fingerprint density at radius 1 is 1.31 bits per heavy atom. The van der Waals surface area contributed by atoms with E-state index < -0.39 is 0 Å². The summed E-state index contributed by atoms with van der Waals surface area (Å²) in [6, 6.07) is 5.75. The number of alkyl halides is 2. The molecule has 1 nitrogen and oxygen atoms in total. The lowest BCUT2D eigenvalue weighted by molar-refractivity contribution is 0.101. The fourth-order valence-corrected chi connectivity index (χ4v) is 1.63. The van der Waals surface area contributed by atoms with Gasteiger partial charge in [0.2, 0.25) is 0 Å². The van der Waals surface area contributed by atoms with Crippen molar-refractivity contribution in [2.45, 2.75) is 17.6 Å². The first-order chi connectivity index (χ1) is 6.04. The van der Waals surface area contributed by atoms with Gasteiger partial charge in [-0.3, -0.25) is 4.79 Å². The molecule has 0 saturated heterocycles. The highest BCUT2D eigenvalue weighted by atomic mass is 79.9. The third-order valence-corrected chi connectivity index (χ3v) is 2.90. The highest BCUT2D eigenvalue weighted by Crippen LogP contribution is 2.20. The Bertz CT molecular complexity index is 332. The molecule has 1 rings (SSSR count). The lowest BCUT2D eigenvalue weighted by atomic mass is 10.0. The molecule has 0 spiro atoms. The third-order valence-electron chi connectivity index (χ3n) is 2.07. The molecule has 0 aliphatic carbocycles. The van der Waals surface area contributed by atoms with E-state index in [1.54, 1.807) is 0 Å². The lowest BCUT2D eigenvalue weighted by Crippen LogP contribution is -2.09. The van der Waals surface area contributed by atoms with Crippen LogP contribution in [0.5, 0.6) is 0 Å². The molecule has 0 aliphatic rings. The SMILES string of the molecule is Cc1cccc(C(=O)C(Br)Br)c1C. The van der Waals surface area contributed by atoms with Gasteiger partial charge in [-0.1, -0.05) is 50.1 Å². The monoisotopic (exact) mass is 304 g/mol. The van der Waals surface area contributed by atoms with Gasteiger partial charge >= 0.3 is 0 Å². The second-order valence-corrected chi connectivity index (χ2v) is 5.97. The quantitative estimate of drug-likeness (QED) is 0.603. The number of halogens is 2. The average molecular weight is 306 g/mol. The summed E-state index contributed by atoms with van der Waals surface area (Å²) in [6.45, 7) is 3.97. The van der Waals surface area contributed by atoms with Crippen LogP contribution >= 0.6 is 31.9 Å². The molecule has 1 aromatic carbocycles. The van der Waals surface area contributed by atoms with Crippen LogP contribution in [0, 0.1) is 13.8 Å². The van der Waals surface area contributed by atoms with Crippen molar-refractivity contribution < 1.29 is 4.79 Å². The third kappa shape index (κ3) is 2.41. The summed E-state index contributed by atoms with van der Waals surface area (Å²) >= 11 is 6.40. The summed E-state index contributed by atoms with van der Waals surface area (Å²) < 4.78 is -0.291. The second-order valence-electron chi connectivity index (χ2n) is 2.91. The Kier molecular flexibility index (Phi) is 3.68. The van der Waals surface area contributed by atoms with Crippen molar-refractivity contribution in [1.82, 2.24) is 0 Å². The second kappa shape index (κ2) is 4.38. The Morgan fingerprint density at radius 3 is 2.46 bits per heavy atom. The smallest absolute Gasteiger partial charge is 0.187 e. The Hall–Kier alpha value is -0.150. The first kappa shape index (κ1) is 10.9. The number of hydrogen-bond acceptors (Lipinski definition) is 1. The van der Waals surface area contributed by atoms with Crippen molar-refractivity contribution in [2.75, 3.05) is 0 Å². The largest absolute Gasteiger partial charge is 0.292 e. The van der Waals surface area contributed by atoms with E-state index in [-0.39, 0.29) is 9.52 Å². The van der Waals surface area contributed by atoms with E-state index >= 15 is 0 Å². The minimum absolute atomic E-state index is 0.0706. The standard InChI is InChI=1S/C10H10Br2O/c1-6-4-3-5-8(7(6)2)9(13)10(11)12/h3-5,10H,1-2H3. The van der Waals surface area contributed by atoms with Crippen molar-refractivity contribution in [3.63, 3.8) is 0 Å². The molecular formula is C10H10Br2O. The van der Waals surface area contributed by atoms with Crippen LogP contribution in [-0.2, 0) is 0 Å². The maximum absolute atomic E-state index is 11.6. The van der Waals surface area contributed by atoms with E-state index in [9.17, 15) is 4.79 Å². The molecule has 0 aliphatic heterocycles. The molecular weight excluding hydrogens is 296 g/mol. The van der Waals surface area contributed by atoms with Gasteiger partial charge in [-0.2, -0.15) is 0 Å². The summed E-state index contributed by atoms with van der Waals surface area (Å²) in [4.78, 5) is 11.6. The molecule has 0 fully saturated rings. The zero-order chi connectivity index (χ0) is 10.0. The van der Waals surface area contributed by atoms with Gasteiger partial charge in [0, 0.05) is 5.56 Å². The number of carbonyl (C=O) groups excluding carboxylic acids is 1. The molecule has 0 unspecified atom stereocenters. The number of carbonyl (C=O) groups is 1. The molecule has 0 amide bonds. The van der Waals surface area contributed by atoms with Crippen LogP contribution in [0.2, 0.25) is 0 Å². The summed E-state index contributed by atoms with van der Waals surface area (Å²) in [7, 11) is 0. The van der Waals surface area contributed by atoms with E-state index in [4.69, 9.17) is 0 Å². The Balaban J connectivity index is 3.15. The number of ketones is 1. The fraction of sp³-hybridized carbons (Fsp3) is 0.300. The fourth-order valence-electron chi connectivity index (χ4n) is 1.14. The molecule has 1 aromatic rings.